The molecular weight excluding hydrogens is 494 g/mol. The summed E-state index contributed by atoms with van der Waals surface area (Å²) in [5, 5.41) is 1.06. The van der Waals surface area contributed by atoms with Crippen molar-refractivity contribution in [1.29, 1.82) is 0 Å². The van der Waals surface area contributed by atoms with Gasteiger partial charge in [-0.1, -0.05) is 41.5 Å². The van der Waals surface area contributed by atoms with Gasteiger partial charge in [-0.15, -0.1) is 0 Å². The number of imidazole rings is 1. The van der Waals surface area contributed by atoms with Crippen LogP contribution in [0.4, 0.5) is 0 Å². The molecule has 210 valence electrons. The summed E-state index contributed by atoms with van der Waals surface area (Å²) in [6, 6.07) is 9.73. The number of ether oxygens (including phenoxy) is 2. The molecule has 1 aliphatic carbocycles. The van der Waals surface area contributed by atoms with Crippen molar-refractivity contribution >= 4 is 28.6 Å². The first-order valence-electron chi connectivity index (χ1n) is 13.6. The Morgan fingerprint density at radius 2 is 1.77 bits per heavy atom. The van der Waals surface area contributed by atoms with Crippen molar-refractivity contribution in [1.82, 2.24) is 19.4 Å². The molecule has 1 aliphatic rings. The van der Waals surface area contributed by atoms with Gasteiger partial charge in [0, 0.05) is 28.5 Å². The van der Waals surface area contributed by atoms with Crippen LogP contribution in [0.15, 0.2) is 30.3 Å². The third-order valence-electron chi connectivity index (χ3n) is 6.30. The molecule has 1 fully saturated rings. The Balaban J connectivity index is 0.000000409. The largest absolute Gasteiger partial charge is 0.482 e. The van der Waals surface area contributed by atoms with E-state index >= 15 is 0 Å². The topological polar surface area (TPSA) is 125 Å². The molecule has 39 heavy (non-hydrogen) atoms. The van der Waals surface area contributed by atoms with Crippen LogP contribution in [0, 0.1) is 5.41 Å². The molecule has 9 heteroatoms. The number of amides is 1. The maximum Gasteiger partial charge on any atom is 0.338 e. The van der Waals surface area contributed by atoms with Crippen LogP contribution in [-0.2, 0) is 16.0 Å². The Kier molecular flexibility index (Phi) is 9.37. The Bertz CT molecular complexity index is 1460. The number of esters is 1. The Morgan fingerprint density at radius 3 is 2.31 bits per heavy atom. The van der Waals surface area contributed by atoms with E-state index in [9.17, 15) is 9.59 Å². The lowest BCUT2D eigenvalue weighted by atomic mass is 9.96. The van der Waals surface area contributed by atoms with Gasteiger partial charge in [0.15, 0.2) is 5.88 Å². The number of hydrogen-bond acceptors (Lipinski definition) is 6. The van der Waals surface area contributed by atoms with Gasteiger partial charge >= 0.3 is 5.97 Å². The lowest BCUT2D eigenvalue weighted by Gasteiger charge is -2.10. The van der Waals surface area contributed by atoms with Gasteiger partial charge in [0.1, 0.15) is 17.0 Å². The molecule has 5 rings (SSSR count). The number of hydrogen-bond donors (Lipinski definition) is 2. The number of carbonyl (C=O) groups is 2. The van der Waals surface area contributed by atoms with E-state index in [-0.39, 0.29) is 17.3 Å². The number of H-pyrrole nitrogens is 1. The first-order valence-corrected chi connectivity index (χ1v) is 13.6. The summed E-state index contributed by atoms with van der Waals surface area (Å²) in [5.41, 5.74) is 10.5. The number of methoxy groups -OCH3 is 1. The summed E-state index contributed by atoms with van der Waals surface area (Å²) in [5.74, 6) is 0.367. The van der Waals surface area contributed by atoms with Crippen molar-refractivity contribution in [3.05, 3.63) is 47.3 Å². The minimum atomic E-state index is -0.377. The third-order valence-corrected chi connectivity index (χ3v) is 6.30. The second-order valence-electron chi connectivity index (χ2n) is 10.2. The monoisotopic (exact) mass is 535 g/mol. The normalized spacial score (nSPS) is 12.8. The van der Waals surface area contributed by atoms with Crippen LogP contribution in [0.3, 0.4) is 0 Å². The van der Waals surface area contributed by atoms with E-state index in [1.54, 1.807) is 46.9 Å². The van der Waals surface area contributed by atoms with Gasteiger partial charge < -0.3 is 20.2 Å². The predicted octanol–water partition coefficient (Wildman–Crippen LogP) is 6.05. The fourth-order valence-corrected chi connectivity index (χ4v) is 3.94. The van der Waals surface area contributed by atoms with Gasteiger partial charge in [-0.05, 0) is 50.5 Å². The Labute approximate surface area is 230 Å². The Hall–Kier alpha value is -3.88. The van der Waals surface area contributed by atoms with Crippen molar-refractivity contribution in [3.63, 3.8) is 0 Å². The number of aryl methyl sites for hydroxylation is 1. The molecule has 1 amide bonds. The molecule has 0 aromatic carbocycles. The molecule has 0 bridgehead atoms. The van der Waals surface area contributed by atoms with E-state index in [1.807, 2.05) is 18.2 Å². The van der Waals surface area contributed by atoms with Crippen molar-refractivity contribution < 1.29 is 19.1 Å². The maximum absolute atomic E-state index is 12.3. The molecule has 1 saturated carbocycles. The first kappa shape index (κ1) is 29.7. The highest BCUT2D eigenvalue weighted by atomic mass is 16.5. The summed E-state index contributed by atoms with van der Waals surface area (Å²) in [6.45, 7) is 13.6. The number of primary amides is 1. The zero-order chi connectivity index (χ0) is 28.9. The molecule has 4 heterocycles. The van der Waals surface area contributed by atoms with Crippen molar-refractivity contribution in [2.24, 2.45) is 11.1 Å². The number of rotatable bonds is 6. The molecule has 3 N–H and O–H groups in total. The van der Waals surface area contributed by atoms with Crippen LogP contribution in [0.2, 0.25) is 0 Å². The van der Waals surface area contributed by atoms with Crippen LogP contribution >= 0.6 is 0 Å². The SMILES string of the molecule is CC.CC(C)(C)C(N)=O.CCOC(=O)c1cc(OC)n2c(C3CC3)c(-c3cc4ccc(CC)nc4[nH]3)nc2c1. The molecule has 9 nitrogen and oxygen atoms in total. The molecule has 0 atom stereocenters. The lowest BCUT2D eigenvalue weighted by molar-refractivity contribution is -0.125. The van der Waals surface area contributed by atoms with E-state index in [2.05, 4.69) is 30.1 Å². The highest BCUT2D eigenvalue weighted by molar-refractivity contribution is 5.91. The van der Waals surface area contributed by atoms with Crippen LogP contribution in [-0.4, -0.2) is 44.9 Å². The molecule has 0 spiro atoms. The number of aromatic amines is 1. The highest BCUT2D eigenvalue weighted by Crippen LogP contribution is 2.46. The average molecular weight is 536 g/mol. The van der Waals surface area contributed by atoms with E-state index in [4.69, 9.17) is 25.2 Å². The lowest BCUT2D eigenvalue weighted by Crippen LogP contribution is -2.27. The number of carbonyl (C=O) groups excluding carboxylic acids is 2. The first-order chi connectivity index (χ1) is 18.6. The van der Waals surface area contributed by atoms with Crippen LogP contribution < -0.4 is 10.5 Å². The summed E-state index contributed by atoms with van der Waals surface area (Å²) in [4.78, 5) is 35.6. The second kappa shape index (κ2) is 12.3. The van der Waals surface area contributed by atoms with Gasteiger partial charge in [-0.3, -0.25) is 9.20 Å². The number of nitrogens with two attached hydrogens (primary N) is 1. The minimum Gasteiger partial charge on any atom is -0.482 e. The van der Waals surface area contributed by atoms with Gasteiger partial charge in [-0.25, -0.2) is 14.8 Å². The number of fused-ring (bicyclic) bond motifs is 2. The van der Waals surface area contributed by atoms with E-state index in [1.165, 1.54) is 0 Å². The third kappa shape index (κ3) is 6.58. The fraction of sp³-hybridized carbons (Fsp3) is 0.467. The number of aromatic nitrogens is 4. The highest BCUT2D eigenvalue weighted by Gasteiger charge is 2.33. The zero-order valence-corrected chi connectivity index (χ0v) is 24.3. The molecule has 4 aromatic rings. The van der Waals surface area contributed by atoms with E-state index in [0.717, 1.165) is 53.1 Å². The Morgan fingerprint density at radius 1 is 1.10 bits per heavy atom. The average Bonchev–Trinajstić information content (AvgIpc) is 3.54. The summed E-state index contributed by atoms with van der Waals surface area (Å²) in [6.07, 6.45) is 3.11. The van der Waals surface area contributed by atoms with Crippen molar-refractivity contribution in [2.45, 2.75) is 73.6 Å². The predicted molar refractivity (Wildman–Crippen MR) is 154 cm³/mol. The van der Waals surface area contributed by atoms with Crippen molar-refractivity contribution in [2.75, 3.05) is 13.7 Å². The summed E-state index contributed by atoms with van der Waals surface area (Å²) < 4.78 is 12.8. The molecular formula is C30H41N5O4. The van der Waals surface area contributed by atoms with Crippen LogP contribution in [0.1, 0.15) is 89.0 Å². The standard InChI is InChI=1S/C23H24N4O3.C5H11NO.C2H6/c1-4-16-9-8-14-10-17(25-22(14)24-16)20-21(13-6-7-13)27-18(26-20)11-15(12-19(27)29-3)23(28)30-5-2;1-5(2,3)4(6)7;1-2/h8-13H,4-7H2,1-3H3,(H,24,25);1-3H3,(H2,6,7);1-2H3. The van der Waals surface area contributed by atoms with E-state index < -0.39 is 0 Å². The molecule has 4 aromatic heterocycles. The minimum absolute atomic E-state index is 0.257. The molecule has 0 saturated heterocycles. The van der Waals surface area contributed by atoms with Gasteiger partial charge in [0.25, 0.3) is 0 Å². The molecule has 0 radical (unpaired) electrons. The molecule has 0 unspecified atom stereocenters. The fourth-order valence-electron chi connectivity index (χ4n) is 3.94. The summed E-state index contributed by atoms with van der Waals surface area (Å²) in [7, 11) is 1.61. The number of pyridine rings is 2. The molecule has 0 aliphatic heterocycles. The van der Waals surface area contributed by atoms with Gasteiger partial charge in [0.05, 0.1) is 30.7 Å². The summed E-state index contributed by atoms with van der Waals surface area (Å²) >= 11 is 0. The van der Waals surface area contributed by atoms with E-state index in [0.29, 0.717) is 29.6 Å². The van der Waals surface area contributed by atoms with Gasteiger partial charge in [0.2, 0.25) is 5.91 Å². The van der Waals surface area contributed by atoms with Crippen LogP contribution in [0.25, 0.3) is 28.1 Å². The van der Waals surface area contributed by atoms with Gasteiger partial charge in [-0.2, -0.15) is 0 Å². The smallest absolute Gasteiger partial charge is 0.338 e. The van der Waals surface area contributed by atoms with Crippen molar-refractivity contribution in [3.8, 4) is 17.3 Å². The number of nitrogens with zero attached hydrogens (tertiary/aromatic N) is 3. The second-order valence-corrected chi connectivity index (χ2v) is 10.2. The van der Waals surface area contributed by atoms with Crippen LogP contribution in [0.5, 0.6) is 5.88 Å². The quantitative estimate of drug-likeness (QED) is 0.290. The maximum atomic E-state index is 12.3. The number of nitrogens with one attached hydrogen (secondary N) is 1. The zero-order valence-electron chi connectivity index (χ0n) is 24.3.